The lowest BCUT2D eigenvalue weighted by atomic mass is 9.78. The van der Waals surface area contributed by atoms with Gasteiger partial charge >= 0.3 is 11.9 Å². The van der Waals surface area contributed by atoms with Gasteiger partial charge in [-0.25, -0.2) is 9.59 Å². The average Bonchev–Trinajstić information content (AvgIpc) is 2.80. The molecule has 178 valence electrons. The van der Waals surface area contributed by atoms with E-state index in [1.165, 1.54) is 22.3 Å². The molecule has 2 aromatic rings. The number of esters is 2. The summed E-state index contributed by atoms with van der Waals surface area (Å²) in [5.41, 5.74) is 9.33. The van der Waals surface area contributed by atoms with Crippen LogP contribution in [0.5, 0.6) is 11.5 Å². The summed E-state index contributed by atoms with van der Waals surface area (Å²) in [6, 6.07) is 4.31. The molecule has 34 heavy (non-hydrogen) atoms. The van der Waals surface area contributed by atoms with Crippen molar-refractivity contribution in [3.8, 4) is 22.6 Å². The molecule has 0 unspecified atom stereocenters. The SMILES string of the molecule is C=C(C)C(=O)Oc1c(C)cc2c(c1-c1c3c(cc(C)c1OC(=O)C(=C)C)CCCC3)CCCC2. The van der Waals surface area contributed by atoms with Crippen LogP contribution in [0.2, 0.25) is 0 Å². The zero-order valence-corrected chi connectivity index (χ0v) is 20.9. The number of hydrogen-bond donors (Lipinski definition) is 0. The summed E-state index contributed by atoms with van der Waals surface area (Å²) in [6.07, 6.45) is 8.22. The number of rotatable bonds is 5. The first-order valence-electron chi connectivity index (χ1n) is 12.3. The van der Waals surface area contributed by atoms with E-state index in [1.54, 1.807) is 13.8 Å². The van der Waals surface area contributed by atoms with Gasteiger partial charge in [-0.2, -0.15) is 0 Å². The number of aryl methyl sites for hydroxylation is 4. The Morgan fingerprint density at radius 3 is 1.38 bits per heavy atom. The van der Waals surface area contributed by atoms with E-state index in [-0.39, 0.29) is 0 Å². The highest BCUT2D eigenvalue weighted by atomic mass is 16.5. The van der Waals surface area contributed by atoms with Gasteiger partial charge in [0.1, 0.15) is 11.5 Å². The molecule has 2 aliphatic rings. The first kappa shape index (κ1) is 24.0. The van der Waals surface area contributed by atoms with Gasteiger partial charge in [0, 0.05) is 22.3 Å². The highest BCUT2D eigenvalue weighted by Gasteiger charge is 2.30. The Morgan fingerprint density at radius 1 is 0.676 bits per heavy atom. The van der Waals surface area contributed by atoms with Gasteiger partial charge in [0.05, 0.1) is 0 Å². The summed E-state index contributed by atoms with van der Waals surface area (Å²) in [6.45, 7) is 14.8. The molecule has 0 fully saturated rings. The molecule has 0 radical (unpaired) electrons. The van der Waals surface area contributed by atoms with Crippen molar-refractivity contribution in [3.05, 3.63) is 69.8 Å². The molecule has 0 N–H and O–H groups in total. The topological polar surface area (TPSA) is 52.6 Å². The Hall–Kier alpha value is -3.14. The highest BCUT2D eigenvalue weighted by molar-refractivity contribution is 5.95. The summed E-state index contributed by atoms with van der Waals surface area (Å²) in [5.74, 6) is 0.225. The van der Waals surface area contributed by atoms with Crippen molar-refractivity contribution >= 4 is 11.9 Å². The predicted octanol–water partition coefficient (Wildman–Crippen LogP) is 6.69. The molecule has 4 heteroatoms. The van der Waals surface area contributed by atoms with Crippen molar-refractivity contribution in [1.29, 1.82) is 0 Å². The third-order valence-corrected chi connectivity index (χ3v) is 6.91. The number of ether oxygens (including phenoxy) is 2. The van der Waals surface area contributed by atoms with E-state index in [2.05, 4.69) is 25.3 Å². The fraction of sp³-hybridized carbons (Fsp3) is 0.400. The van der Waals surface area contributed by atoms with E-state index < -0.39 is 11.9 Å². The molecule has 0 bridgehead atoms. The molecule has 0 atom stereocenters. The van der Waals surface area contributed by atoms with Crippen LogP contribution in [0.3, 0.4) is 0 Å². The van der Waals surface area contributed by atoms with Crippen molar-refractivity contribution < 1.29 is 19.1 Å². The third-order valence-electron chi connectivity index (χ3n) is 6.91. The van der Waals surface area contributed by atoms with E-state index >= 15 is 0 Å². The van der Waals surface area contributed by atoms with Crippen LogP contribution in [0.4, 0.5) is 0 Å². The molecule has 0 saturated heterocycles. The van der Waals surface area contributed by atoms with Crippen LogP contribution in [0, 0.1) is 13.8 Å². The second kappa shape index (κ2) is 9.61. The largest absolute Gasteiger partial charge is 0.422 e. The zero-order valence-electron chi connectivity index (χ0n) is 20.9. The van der Waals surface area contributed by atoms with E-state index in [9.17, 15) is 9.59 Å². The molecule has 0 amide bonds. The van der Waals surface area contributed by atoms with Crippen LogP contribution in [-0.2, 0) is 35.3 Å². The monoisotopic (exact) mass is 458 g/mol. The highest BCUT2D eigenvalue weighted by Crippen LogP contribution is 2.49. The van der Waals surface area contributed by atoms with Crippen molar-refractivity contribution in [2.24, 2.45) is 0 Å². The lowest BCUT2D eigenvalue weighted by Gasteiger charge is -2.29. The predicted molar refractivity (Wildman–Crippen MR) is 136 cm³/mol. The van der Waals surface area contributed by atoms with E-state index in [0.717, 1.165) is 73.6 Å². The molecule has 2 aromatic carbocycles. The molecular formula is C30H34O4. The number of benzene rings is 2. The summed E-state index contributed by atoms with van der Waals surface area (Å²) in [4.78, 5) is 25.4. The Balaban J connectivity index is 2.08. The van der Waals surface area contributed by atoms with Crippen molar-refractivity contribution in [1.82, 2.24) is 0 Å². The van der Waals surface area contributed by atoms with Gasteiger partial charge in [0.2, 0.25) is 0 Å². The Morgan fingerprint density at radius 2 is 1.03 bits per heavy atom. The molecule has 0 heterocycles. The fourth-order valence-corrected chi connectivity index (χ4v) is 5.22. The van der Waals surface area contributed by atoms with Gasteiger partial charge in [-0.3, -0.25) is 0 Å². The fourth-order valence-electron chi connectivity index (χ4n) is 5.22. The van der Waals surface area contributed by atoms with Crippen LogP contribution < -0.4 is 9.47 Å². The van der Waals surface area contributed by atoms with Crippen molar-refractivity contribution in [3.63, 3.8) is 0 Å². The minimum Gasteiger partial charge on any atom is -0.422 e. The minimum atomic E-state index is -0.442. The summed E-state index contributed by atoms with van der Waals surface area (Å²) in [7, 11) is 0. The lowest BCUT2D eigenvalue weighted by molar-refractivity contribution is -0.131. The summed E-state index contributed by atoms with van der Waals surface area (Å²) < 4.78 is 12.0. The van der Waals surface area contributed by atoms with Crippen LogP contribution >= 0.6 is 0 Å². The Kier molecular flexibility index (Phi) is 6.79. The van der Waals surface area contributed by atoms with Gasteiger partial charge < -0.3 is 9.47 Å². The van der Waals surface area contributed by atoms with Crippen molar-refractivity contribution in [2.45, 2.75) is 79.1 Å². The molecule has 2 aliphatic carbocycles. The first-order valence-corrected chi connectivity index (χ1v) is 12.3. The molecule has 0 aromatic heterocycles. The number of hydrogen-bond acceptors (Lipinski definition) is 4. The molecule has 0 aliphatic heterocycles. The Labute approximate surface area is 202 Å². The molecule has 0 spiro atoms. The van der Waals surface area contributed by atoms with Gasteiger partial charge in [0.15, 0.2) is 0 Å². The third kappa shape index (κ3) is 4.46. The van der Waals surface area contributed by atoms with Gasteiger partial charge in [-0.15, -0.1) is 0 Å². The van der Waals surface area contributed by atoms with E-state index in [1.807, 2.05) is 13.8 Å². The normalized spacial score (nSPS) is 14.6. The van der Waals surface area contributed by atoms with Gasteiger partial charge in [0.25, 0.3) is 0 Å². The minimum absolute atomic E-state index is 0.350. The van der Waals surface area contributed by atoms with E-state index in [0.29, 0.717) is 22.6 Å². The molecule has 4 nitrogen and oxygen atoms in total. The maximum Gasteiger partial charge on any atom is 0.338 e. The number of fused-ring (bicyclic) bond motifs is 2. The van der Waals surface area contributed by atoms with Gasteiger partial charge in [-0.1, -0.05) is 25.3 Å². The smallest absolute Gasteiger partial charge is 0.338 e. The summed E-state index contributed by atoms with van der Waals surface area (Å²) in [5, 5.41) is 0. The summed E-state index contributed by atoms with van der Waals surface area (Å²) >= 11 is 0. The number of carbonyl (C=O) groups excluding carboxylic acids is 2. The molecule has 0 saturated carbocycles. The molecule has 4 rings (SSSR count). The number of carbonyl (C=O) groups is 2. The second-order valence-electron chi connectivity index (χ2n) is 9.82. The van der Waals surface area contributed by atoms with Crippen molar-refractivity contribution in [2.75, 3.05) is 0 Å². The Bertz CT molecular complexity index is 1120. The van der Waals surface area contributed by atoms with Gasteiger partial charge in [-0.05, 0) is 112 Å². The van der Waals surface area contributed by atoms with Crippen LogP contribution in [0.1, 0.15) is 72.9 Å². The second-order valence-corrected chi connectivity index (χ2v) is 9.82. The average molecular weight is 459 g/mol. The quantitative estimate of drug-likeness (QED) is 0.284. The molecular weight excluding hydrogens is 424 g/mol. The maximum absolute atomic E-state index is 12.7. The van der Waals surface area contributed by atoms with Crippen LogP contribution in [0.25, 0.3) is 11.1 Å². The standard InChI is InChI=1S/C30H34O4/c1-17(2)29(31)33-27-19(5)15-21-11-7-9-13-23(21)25(27)26-24-14-10-8-12-22(24)16-20(6)28(26)34-30(32)18(3)4/h15-16H,1,3,7-14H2,2,4-6H3. The van der Waals surface area contributed by atoms with Crippen LogP contribution in [0.15, 0.2) is 36.4 Å². The zero-order chi connectivity index (χ0) is 24.6. The first-order chi connectivity index (χ1) is 16.2. The van der Waals surface area contributed by atoms with E-state index in [4.69, 9.17) is 9.47 Å². The maximum atomic E-state index is 12.7. The lowest BCUT2D eigenvalue weighted by Crippen LogP contribution is -2.17. The van der Waals surface area contributed by atoms with Crippen LogP contribution in [-0.4, -0.2) is 11.9 Å².